The minimum Gasteiger partial charge on any atom is -0.398 e. The highest BCUT2D eigenvalue weighted by atomic mass is 16.6. The van der Waals surface area contributed by atoms with E-state index in [-0.39, 0.29) is 17.5 Å². The third-order valence-corrected chi connectivity index (χ3v) is 3.50. The Hall–Kier alpha value is -2.11. The maximum absolute atomic E-state index is 12.0. The molecule has 19 heavy (non-hydrogen) atoms. The van der Waals surface area contributed by atoms with Crippen LogP contribution in [0.2, 0.25) is 0 Å². The van der Waals surface area contributed by atoms with Gasteiger partial charge in [0.05, 0.1) is 4.92 Å². The summed E-state index contributed by atoms with van der Waals surface area (Å²) < 4.78 is 0. The molecule has 0 bridgehead atoms. The number of nitrogen functional groups attached to an aromatic ring is 1. The van der Waals surface area contributed by atoms with Gasteiger partial charge < -0.3 is 10.6 Å². The lowest BCUT2D eigenvalue weighted by molar-refractivity contribution is -0.384. The SMILES string of the molecule is CC1CCCN(Cc2cc([N+](=O)[O-])ccc2N)C1=O. The second kappa shape index (κ2) is 5.26. The average molecular weight is 263 g/mol. The van der Waals surface area contributed by atoms with Crippen LogP contribution < -0.4 is 5.73 Å². The van der Waals surface area contributed by atoms with Crippen LogP contribution in [-0.4, -0.2) is 22.3 Å². The first-order valence-corrected chi connectivity index (χ1v) is 6.30. The second-order valence-corrected chi connectivity index (χ2v) is 4.94. The Labute approximate surface area is 111 Å². The van der Waals surface area contributed by atoms with Crippen LogP contribution in [0.4, 0.5) is 11.4 Å². The van der Waals surface area contributed by atoms with Gasteiger partial charge >= 0.3 is 0 Å². The van der Waals surface area contributed by atoms with Crippen molar-refractivity contribution in [3.05, 3.63) is 33.9 Å². The number of non-ortho nitro benzene ring substituents is 1. The van der Waals surface area contributed by atoms with Gasteiger partial charge in [0.2, 0.25) is 5.91 Å². The molecule has 1 aliphatic rings. The molecule has 6 heteroatoms. The smallest absolute Gasteiger partial charge is 0.269 e. The number of benzene rings is 1. The number of amides is 1. The average Bonchev–Trinajstić information content (AvgIpc) is 2.37. The summed E-state index contributed by atoms with van der Waals surface area (Å²) in [6, 6.07) is 4.34. The summed E-state index contributed by atoms with van der Waals surface area (Å²) in [7, 11) is 0. The van der Waals surface area contributed by atoms with E-state index in [1.54, 1.807) is 4.90 Å². The number of anilines is 1. The van der Waals surface area contributed by atoms with E-state index >= 15 is 0 Å². The van der Waals surface area contributed by atoms with Crippen molar-refractivity contribution in [2.24, 2.45) is 5.92 Å². The standard InChI is InChI=1S/C13H17N3O3/c1-9-3-2-6-15(13(9)17)8-10-7-11(16(18)19)4-5-12(10)14/h4-5,7,9H,2-3,6,8,14H2,1H3. The topological polar surface area (TPSA) is 89.5 Å². The van der Waals surface area contributed by atoms with Crippen LogP contribution in [0.25, 0.3) is 0 Å². The summed E-state index contributed by atoms with van der Waals surface area (Å²) in [6.45, 7) is 2.94. The summed E-state index contributed by atoms with van der Waals surface area (Å²) in [5.74, 6) is 0.117. The van der Waals surface area contributed by atoms with Crippen molar-refractivity contribution >= 4 is 17.3 Å². The van der Waals surface area contributed by atoms with E-state index in [2.05, 4.69) is 0 Å². The minimum atomic E-state index is -0.455. The van der Waals surface area contributed by atoms with Crippen LogP contribution in [0.5, 0.6) is 0 Å². The first-order valence-electron chi connectivity index (χ1n) is 6.30. The number of likely N-dealkylation sites (tertiary alicyclic amines) is 1. The predicted octanol–water partition coefficient (Wildman–Crippen LogP) is 1.94. The van der Waals surface area contributed by atoms with Gasteiger partial charge in [0.1, 0.15) is 0 Å². The molecule has 0 saturated carbocycles. The Morgan fingerprint density at radius 3 is 2.95 bits per heavy atom. The van der Waals surface area contributed by atoms with Gasteiger partial charge in [-0.3, -0.25) is 14.9 Å². The Balaban J connectivity index is 2.20. The molecule has 102 valence electrons. The van der Waals surface area contributed by atoms with Crippen molar-refractivity contribution in [1.29, 1.82) is 0 Å². The number of carbonyl (C=O) groups is 1. The van der Waals surface area contributed by atoms with Crippen molar-refractivity contribution in [1.82, 2.24) is 4.90 Å². The van der Waals surface area contributed by atoms with Crippen LogP contribution >= 0.6 is 0 Å². The molecule has 1 aliphatic heterocycles. The summed E-state index contributed by atoms with van der Waals surface area (Å²) in [5.41, 5.74) is 6.95. The minimum absolute atomic E-state index is 0.00158. The van der Waals surface area contributed by atoms with Crippen LogP contribution in [-0.2, 0) is 11.3 Å². The first kappa shape index (κ1) is 13.3. The van der Waals surface area contributed by atoms with Crippen molar-refractivity contribution < 1.29 is 9.72 Å². The highest BCUT2D eigenvalue weighted by molar-refractivity contribution is 5.79. The fourth-order valence-corrected chi connectivity index (χ4v) is 2.34. The highest BCUT2D eigenvalue weighted by Gasteiger charge is 2.25. The van der Waals surface area contributed by atoms with Gasteiger partial charge in [-0.05, 0) is 18.9 Å². The lowest BCUT2D eigenvalue weighted by atomic mass is 9.98. The van der Waals surface area contributed by atoms with Gasteiger partial charge in [0, 0.05) is 42.4 Å². The molecule has 0 spiro atoms. The molecule has 6 nitrogen and oxygen atoms in total. The Morgan fingerprint density at radius 2 is 2.26 bits per heavy atom. The molecular weight excluding hydrogens is 246 g/mol. The number of nitro groups is 1. The number of nitrogens with zero attached hydrogens (tertiary/aromatic N) is 2. The van der Waals surface area contributed by atoms with E-state index in [0.717, 1.165) is 12.8 Å². The monoisotopic (exact) mass is 263 g/mol. The fourth-order valence-electron chi connectivity index (χ4n) is 2.34. The van der Waals surface area contributed by atoms with Crippen molar-refractivity contribution in [2.45, 2.75) is 26.3 Å². The molecule has 1 aromatic rings. The summed E-state index contributed by atoms with van der Waals surface area (Å²) in [6.07, 6.45) is 1.86. The van der Waals surface area contributed by atoms with Gasteiger partial charge in [-0.15, -0.1) is 0 Å². The van der Waals surface area contributed by atoms with Crippen molar-refractivity contribution in [2.75, 3.05) is 12.3 Å². The van der Waals surface area contributed by atoms with E-state index in [4.69, 9.17) is 5.73 Å². The Kier molecular flexibility index (Phi) is 3.69. The third-order valence-electron chi connectivity index (χ3n) is 3.50. The molecular formula is C13H17N3O3. The summed E-state index contributed by atoms with van der Waals surface area (Å²) >= 11 is 0. The first-order chi connectivity index (χ1) is 8.99. The highest BCUT2D eigenvalue weighted by Crippen LogP contribution is 2.24. The largest absolute Gasteiger partial charge is 0.398 e. The summed E-state index contributed by atoms with van der Waals surface area (Å²) in [5, 5.41) is 10.8. The number of hydrogen-bond acceptors (Lipinski definition) is 4. The lowest BCUT2D eigenvalue weighted by Crippen LogP contribution is -2.39. The molecule has 2 N–H and O–H groups in total. The number of rotatable bonds is 3. The Morgan fingerprint density at radius 1 is 1.53 bits per heavy atom. The molecule has 0 radical (unpaired) electrons. The van der Waals surface area contributed by atoms with Crippen LogP contribution in [0.15, 0.2) is 18.2 Å². The maximum Gasteiger partial charge on any atom is 0.269 e. The second-order valence-electron chi connectivity index (χ2n) is 4.94. The molecule has 1 fully saturated rings. The molecule has 1 atom stereocenters. The number of hydrogen-bond donors (Lipinski definition) is 1. The molecule has 0 aromatic heterocycles. The lowest BCUT2D eigenvalue weighted by Gasteiger charge is -2.30. The quantitative estimate of drug-likeness (QED) is 0.512. The molecule has 1 heterocycles. The number of nitrogens with two attached hydrogens (primary N) is 1. The fraction of sp³-hybridized carbons (Fsp3) is 0.462. The van der Waals surface area contributed by atoms with Crippen LogP contribution in [0, 0.1) is 16.0 Å². The van der Waals surface area contributed by atoms with Gasteiger partial charge in [-0.2, -0.15) is 0 Å². The van der Waals surface area contributed by atoms with E-state index in [9.17, 15) is 14.9 Å². The maximum atomic E-state index is 12.0. The zero-order chi connectivity index (χ0) is 14.0. The molecule has 1 amide bonds. The molecule has 1 unspecified atom stereocenters. The number of carbonyl (C=O) groups excluding carboxylic acids is 1. The zero-order valence-corrected chi connectivity index (χ0v) is 10.8. The predicted molar refractivity (Wildman–Crippen MR) is 71.3 cm³/mol. The third kappa shape index (κ3) is 2.83. The van der Waals surface area contributed by atoms with Crippen LogP contribution in [0.1, 0.15) is 25.3 Å². The van der Waals surface area contributed by atoms with Gasteiger partial charge in [-0.1, -0.05) is 6.92 Å². The van der Waals surface area contributed by atoms with E-state index < -0.39 is 4.92 Å². The molecule has 0 aliphatic carbocycles. The summed E-state index contributed by atoms with van der Waals surface area (Å²) in [4.78, 5) is 24.0. The number of nitro benzene ring substituents is 1. The molecule has 1 aromatic carbocycles. The van der Waals surface area contributed by atoms with Crippen molar-refractivity contribution in [3.63, 3.8) is 0 Å². The van der Waals surface area contributed by atoms with Gasteiger partial charge in [-0.25, -0.2) is 0 Å². The van der Waals surface area contributed by atoms with Gasteiger partial charge in [0.15, 0.2) is 0 Å². The van der Waals surface area contributed by atoms with Crippen LogP contribution in [0.3, 0.4) is 0 Å². The van der Waals surface area contributed by atoms with E-state index in [1.807, 2.05) is 6.92 Å². The zero-order valence-electron chi connectivity index (χ0n) is 10.8. The Bertz CT molecular complexity index is 516. The van der Waals surface area contributed by atoms with Gasteiger partial charge in [0.25, 0.3) is 5.69 Å². The normalized spacial score (nSPS) is 19.5. The van der Waals surface area contributed by atoms with E-state index in [0.29, 0.717) is 24.3 Å². The van der Waals surface area contributed by atoms with Crippen molar-refractivity contribution in [3.8, 4) is 0 Å². The molecule has 2 rings (SSSR count). The van der Waals surface area contributed by atoms with E-state index in [1.165, 1.54) is 18.2 Å². The number of piperidine rings is 1. The molecule has 1 saturated heterocycles.